The quantitative estimate of drug-likeness (QED) is 0.362. The number of aliphatic carboxylic acids is 1. The van der Waals surface area contributed by atoms with E-state index in [1.165, 1.54) is 44.9 Å². The van der Waals surface area contributed by atoms with Gasteiger partial charge in [0.15, 0.2) is 0 Å². The summed E-state index contributed by atoms with van der Waals surface area (Å²) in [5.41, 5.74) is 0. The average molecular weight is 284 g/mol. The van der Waals surface area contributed by atoms with Crippen LogP contribution in [0.4, 0.5) is 0 Å². The molecule has 0 heterocycles. The predicted octanol–water partition coefficient (Wildman–Crippen LogP) is -1.37. The molecule has 0 aromatic carbocycles. The summed E-state index contributed by atoms with van der Waals surface area (Å²) in [5.74, 6) is -0.909. The molecule has 0 atom stereocenters. The Labute approximate surface area is 139 Å². The monoisotopic (exact) mass is 284 g/mol. The number of carbonyl (C=O) groups is 1. The molecule has 0 aromatic heterocycles. The fourth-order valence-electron chi connectivity index (χ4n) is 1.58. The molecule has 4 nitrogen and oxygen atoms in total. The molecule has 19 heavy (non-hydrogen) atoms. The second-order valence-electron chi connectivity index (χ2n) is 4.40. The van der Waals surface area contributed by atoms with Gasteiger partial charge in [-0.2, -0.15) is 0 Å². The Bertz CT molecular complexity index is 164. The largest absolute Gasteiger partial charge is 1.00 e. The van der Waals surface area contributed by atoms with Gasteiger partial charge in [-0.15, -0.1) is 0 Å². The Morgan fingerprint density at radius 3 is 1.53 bits per heavy atom. The van der Waals surface area contributed by atoms with Crippen LogP contribution >= 0.6 is 0 Å². The Morgan fingerprint density at radius 2 is 1.21 bits per heavy atom. The van der Waals surface area contributed by atoms with Crippen LogP contribution in [0.1, 0.15) is 71.1 Å². The van der Waals surface area contributed by atoms with Gasteiger partial charge in [0.1, 0.15) is 0 Å². The molecule has 2 N–H and O–H groups in total. The number of unbranched alkanes of at least 4 members (excludes halogenated alkanes) is 8. The summed E-state index contributed by atoms with van der Waals surface area (Å²) >= 11 is 0. The van der Waals surface area contributed by atoms with E-state index in [0.29, 0.717) is 0 Å². The van der Waals surface area contributed by atoms with Crippen LogP contribution in [0.15, 0.2) is 0 Å². The maximum absolute atomic E-state index is 10.1. The zero-order valence-electron chi connectivity index (χ0n) is 12.7. The van der Waals surface area contributed by atoms with Crippen LogP contribution in [-0.2, 0) is 4.79 Å². The second-order valence-corrected chi connectivity index (χ2v) is 4.40. The third-order valence-corrected chi connectivity index (χ3v) is 2.58. The molecule has 0 saturated heterocycles. The first kappa shape index (κ1) is 24.4. The number of aliphatic hydroxyl groups is 2. The number of carboxylic acid groups (broad SMARTS) is 1. The normalized spacial score (nSPS) is 9.21. The summed E-state index contributed by atoms with van der Waals surface area (Å²) in [4.78, 5) is 10.1. The number of carbonyl (C=O) groups excluding carboxylic acids is 1. The summed E-state index contributed by atoms with van der Waals surface area (Å²) in [6.45, 7) is 1.97. The molecule has 0 radical (unpaired) electrons. The smallest absolute Gasteiger partial charge is 0.550 e. The SMILES string of the molecule is CCCCCCCCCCCC(=O)[O-].OCCO.[Na+]. The van der Waals surface area contributed by atoms with Crippen molar-refractivity contribution >= 4 is 5.97 Å². The molecule has 0 aliphatic heterocycles. The molecule has 110 valence electrons. The molecular formula is C14H29NaO4. The van der Waals surface area contributed by atoms with Crippen LogP contribution in [0.3, 0.4) is 0 Å². The minimum atomic E-state index is -0.909. The molecule has 0 amide bonds. The summed E-state index contributed by atoms with van der Waals surface area (Å²) in [6.07, 6.45) is 11.2. The van der Waals surface area contributed by atoms with Gasteiger partial charge >= 0.3 is 29.6 Å². The van der Waals surface area contributed by atoms with E-state index in [9.17, 15) is 9.90 Å². The predicted molar refractivity (Wildman–Crippen MR) is 71.0 cm³/mol. The third-order valence-electron chi connectivity index (χ3n) is 2.58. The average Bonchev–Trinajstić information content (AvgIpc) is 2.37. The number of hydrogen-bond acceptors (Lipinski definition) is 4. The van der Waals surface area contributed by atoms with E-state index in [2.05, 4.69) is 6.92 Å². The molecule has 0 rings (SSSR count). The van der Waals surface area contributed by atoms with Gasteiger partial charge in [-0.3, -0.25) is 0 Å². The van der Waals surface area contributed by atoms with Crippen molar-refractivity contribution in [3.63, 3.8) is 0 Å². The molecule has 0 fully saturated rings. The molecule has 0 unspecified atom stereocenters. The topological polar surface area (TPSA) is 80.6 Å². The van der Waals surface area contributed by atoms with Crippen molar-refractivity contribution in [2.24, 2.45) is 0 Å². The van der Waals surface area contributed by atoms with Crippen molar-refractivity contribution in [3.8, 4) is 0 Å². The number of carboxylic acids is 1. The molecule has 0 spiro atoms. The van der Waals surface area contributed by atoms with E-state index in [4.69, 9.17) is 10.2 Å². The van der Waals surface area contributed by atoms with Crippen LogP contribution in [-0.4, -0.2) is 29.4 Å². The van der Waals surface area contributed by atoms with E-state index < -0.39 is 5.97 Å². The number of rotatable bonds is 11. The fraction of sp³-hybridized carbons (Fsp3) is 0.929. The molecule has 0 aromatic rings. The summed E-state index contributed by atoms with van der Waals surface area (Å²) in [5, 5.41) is 25.3. The second kappa shape index (κ2) is 23.5. The van der Waals surface area contributed by atoms with Crippen molar-refractivity contribution in [2.75, 3.05) is 13.2 Å². The van der Waals surface area contributed by atoms with Crippen molar-refractivity contribution in [1.29, 1.82) is 0 Å². The molecule has 0 aliphatic rings. The summed E-state index contributed by atoms with van der Waals surface area (Å²) < 4.78 is 0. The van der Waals surface area contributed by atoms with Gasteiger partial charge in [-0.1, -0.05) is 58.3 Å². The zero-order chi connectivity index (χ0) is 14.1. The van der Waals surface area contributed by atoms with Gasteiger partial charge in [0.2, 0.25) is 0 Å². The summed E-state index contributed by atoms with van der Waals surface area (Å²) in [6, 6.07) is 0. The van der Waals surface area contributed by atoms with E-state index in [-0.39, 0.29) is 49.2 Å². The van der Waals surface area contributed by atoms with Crippen molar-refractivity contribution in [2.45, 2.75) is 71.1 Å². The van der Waals surface area contributed by atoms with Gasteiger partial charge < -0.3 is 20.1 Å². The number of hydrogen-bond donors (Lipinski definition) is 2. The van der Waals surface area contributed by atoms with Gasteiger partial charge in [-0.05, 0) is 12.8 Å². The molecule has 0 aliphatic carbocycles. The first-order valence-corrected chi connectivity index (χ1v) is 7.10. The summed E-state index contributed by atoms with van der Waals surface area (Å²) in [7, 11) is 0. The van der Waals surface area contributed by atoms with Crippen LogP contribution in [0.2, 0.25) is 0 Å². The Morgan fingerprint density at radius 1 is 0.842 bits per heavy atom. The van der Waals surface area contributed by atoms with Crippen molar-refractivity contribution in [3.05, 3.63) is 0 Å². The van der Waals surface area contributed by atoms with Crippen molar-refractivity contribution < 1.29 is 49.7 Å². The molecule has 5 heteroatoms. The van der Waals surface area contributed by atoms with E-state index in [1.807, 2.05) is 0 Å². The molecule has 0 saturated carbocycles. The Hall–Kier alpha value is 0.390. The Kier molecular flexibility index (Phi) is 30.2. The molecule has 0 bridgehead atoms. The van der Waals surface area contributed by atoms with Gasteiger partial charge in [-0.25, -0.2) is 0 Å². The van der Waals surface area contributed by atoms with E-state index >= 15 is 0 Å². The first-order chi connectivity index (χ1) is 8.68. The maximum atomic E-state index is 10.1. The minimum Gasteiger partial charge on any atom is -0.550 e. The van der Waals surface area contributed by atoms with E-state index in [0.717, 1.165) is 12.8 Å². The minimum absolute atomic E-state index is 0. The number of aliphatic hydroxyl groups excluding tert-OH is 2. The maximum Gasteiger partial charge on any atom is 1.00 e. The molecular weight excluding hydrogens is 255 g/mol. The Balaban J connectivity index is -0.000000448. The van der Waals surface area contributed by atoms with Gasteiger partial charge in [0.25, 0.3) is 0 Å². The van der Waals surface area contributed by atoms with Gasteiger partial charge in [0, 0.05) is 5.97 Å². The first-order valence-electron chi connectivity index (χ1n) is 7.10. The van der Waals surface area contributed by atoms with Crippen LogP contribution in [0.25, 0.3) is 0 Å². The standard InChI is InChI=1S/C12H24O2.C2H6O2.Na/c1-2-3-4-5-6-7-8-9-10-11-12(13)14;3-1-2-4;/h2-11H2,1H3,(H,13,14);3-4H,1-2H2;/q;;+1/p-1. The third kappa shape index (κ3) is 32.2. The fourth-order valence-corrected chi connectivity index (χ4v) is 1.58. The van der Waals surface area contributed by atoms with E-state index in [1.54, 1.807) is 0 Å². The van der Waals surface area contributed by atoms with Crippen LogP contribution in [0.5, 0.6) is 0 Å². The zero-order valence-corrected chi connectivity index (χ0v) is 14.7. The van der Waals surface area contributed by atoms with Crippen molar-refractivity contribution in [1.82, 2.24) is 0 Å². The van der Waals surface area contributed by atoms with Crippen LogP contribution < -0.4 is 34.7 Å². The van der Waals surface area contributed by atoms with Crippen LogP contribution in [0, 0.1) is 0 Å². The van der Waals surface area contributed by atoms with Gasteiger partial charge in [0.05, 0.1) is 13.2 Å².